The van der Waals surface area contributed by atoms with Gasteiger partial charge in [0, 0.05) is 18.9 Å². The molecule has 0 aromatic heterocycles. The van der Waals surface area contributed by atoms with Gasteiger partial charge in [0.05, 0.1) is 13.2 Å². The number of unbranched alkanes of at least 4 members (excludes halogenated alkanes) is 1. The molecule has 0 aromatic carbocycles. The Bertz CT molecular complexity index is 262. The second-order valence-electron chi connectivity index (χ2n) is 5.41. The summed E-state index contributed by atoms with van der Waals surface area (Å²) in [5.74, 6) is 2.01. The van der Waals surface area contributed by atoms with E-state index in [-0.39, 0.29) is 12.0 Å². The molecule has 5 heteroatoms. The van der Waals surface area contributed by atoms with Gasteiger partial charge in [-0.2, -0.15) is 11.8 Å². The van der Waals surface area contributed by atoms with Crippen LogP contribution in [0.15, 0.2) is 0 Å². The first-order valence-electron chi connectivity index (χ1n) is 7.48. The Morgan fingerprint density at radius 1 is 1.30 bits per heavy atom. The van der Waals surface area contributed by atoms with Gasteiger partial charge in [-0.15, -0.1) is 0 Å². The molecule has 120 valence electrons. The van der Waals surface area contributed by atoms with Gasteiger partial charge >= 0.3 is 5.97 Å². The van der Waals surface area contributed by atoms with Crippen molar-refractivity contribution in [1.82, 2.24) is 5.32 Å². The lowest BCUT2D eigenvalue weighted by Gasteiger charge is -2.30. The number of carbonyl (C=O) groups is 1. The normalized spacial score (nSPS) is 14.3. The highest BCUT2D eigenvalue weighted by atomic mass is 32.2. The predicted molar refractivity (Wildman–Crippen MR) is 86.4 cm³/mol. The third-order valence-corrected chi connectivity index (χ3v) is 4.01. The standard InChI is InChI=1S/C15H31NO3S/c1-6-19-14(17)15(4,16-13(2)3)9-7-8-11-20-12-10-18-5/h13,16H,6-12H2,1-5H3. The van der Waals surface area contributed by atoms with E-state index in [1.165, 1.54) is 0 Å². The van der Waals surface area contributed by atoms with E-state index in [1.54, 1.807) is 7.11 Å². The van der Waals surface area contributed by atoms with Crippen LogP contribution in [0.3, 0.4) is 0 Å². The summed E-state index contributed by atoms with van der Waals surface area (Å²) >= 11 is 1.90. The fourth-order valence-corrected chi connectivity index (χ4v) is 2.98. The van der Waals surface area contributed by atoms with E-state index in [0.717, 1.165) is 37.4 Å². The first-order chi connectivity index (χ1) is 9.46. The molecule has 0 aromatic rings. The molecule has 0 rings (SSSR count). The molecule has 0 aliphatic carbocycles. The highest BCUT2D eigenvalue weighted by Gasteiger charge is 2.34. The van der Waals surface area contributed by atoms with Gasteiger partial charge < -0.3 is 9.47 Å². The Balaban J connectivity index is 4.07. The number of ether oxygens (including phenoxy) is 2. The molecule has 1 N–H and O–H groups in total. The van der Waals surface area contributed by atoms with Crippen LogP contribution in [-0.4, -0.2) is 49.4 Å². The van der Waals surface area contributed by atoms with Crippen LogP contribution in [0, 0.1) is 0 Å². The quantitative estimate of drug-likeness (QED) is 0.444. The zero-order chi connectivity index (χ0) is 15.4. The molecule has 4 nitrogen and oxygen atoms in total. The van der Waals surface area contributed by atoms with E-state index in [1.807, 2.05) is 25.6 Å². The zero-order valence-corrected chi connectivity index (χ0v) is 14.5. The van der Waals surface area contributed by atoms with E-state index in [0.29, 0.717) is 6.61 Å². The van der Waals surface area contributed by atoms with Crippen molar-refractivity contribution in [2.75, 3.05) is 31.8 Å². The Hall–Kier alpha value is -0.260. The second-order valence-corrected chi connectivity index (χ2v) is 6.64. The van der Waals surface area contributed by atoms with E-state index < -0.39 is 5.54 Å². The van der Waals surface area contributed by atoms with Gasteiger partial charge in [-0.3, -0.25) is 10.1 Å². The number of hydrogen-bond acceptors (Lipinski definition) is 5. The van der Waals surface area contributed by atoms with Crippen LogP contribution in [0.2, 0.25) is 0 Å². The van der Waals surface area contributed by atoms with Crippen molar-refractivity contribution in [3.8, 4) is 0 Å². The van der Waals surface area contributed by atoms with Gasteiger partial charge in [0.1, 0.15) is 5.54 Å². The van der Waals surface area contributed by atoms with Gasteiger partial charge in [-0.1, -0.05) is 6.42 Å². The number of nitrogens with one attached hydrogen (secondary N) is 1. The highest BCUT2D eigenvalue weighted by Crippen LogP contribution is 2.18. The monoisotopic (exact) mass is 305 g/mol. The Morgan fingerprint density at radius 2 is 2.00 bits per heavy atom. The number of rotatable bonds is 12. The van der Waals surface area contributed by atoms with Crippen LogP contribution < -0.4 is 5.32 Å². The summed E-state index contributed by atoms with van der Waals surface area (Å²) in [6.45, 7) is 9.14. The minimum absolute atomic E-state index is 0.138. The lowest BCUT2D eigenvalue weighted by Crippen LogP contribution is -2.53. The van der Waals surface area contributed by atoms with Crippen molar-refractivity contribution in [2.24, 2.45) is 0 Å². The molecule has 0 fully saturated rings. The average Bonchev–Trinajstić information content (AvgIpc) is 2.37. The molecule has 1 atom stereocenters. The van der Waals surface area contributed by atoms with Crippen molar-refractivity contribution in [3.05, 3.63) is 0 Å². The molecule has 0 saturated carbocycles. The third-order valence-electron chi connectivity index (χ3n) is 2.98. The van der Waals surface area contributed by atoms with Crippen molar-refractivity contribution in [3.63, 3.8) is 0 Å². The maximum Gasteiger partial charge on any atom is 0.326 e. The lowest BCUT2D eigenvalue weighted by molar-refractivity contribution is -0.151. The average molecular weight is 305 g/mol. The molecule has 1 unspecified atom stereocenters. The SMILES string of the molecule is CCOC(=O)C(C)(CCCCSCCOC)NC(C)C. The van der Waals surface area contributed by atoms with Crippen LogP contribution in [-0.2, 0) is 14.3 Å². The molecular formula is C15H31NO3S. The van der Waals surface area contributed by atoms with E-state index in [4.69, 9.17) is 9.47 Å². The summed E-state index contributed by atoms with van der Waals surface area (Å²) in [6.07, 6.45) is 2.95. The fraction of sp³-hybridized carbons (Fsp3) is 0.933. The minimum Gasteiger partial charge on any atom is -0.465 e. The third kappa shape index (κ3) is 8.82. The predicted octanol–water partition coefficient (Wildman–Crippen LogP) is 2.86. The molecule has 0 amide bonds. The van der Waals surface area contributed by atoms with Gasteiger partial charge in [0.25, 0.3) is 0 Å². The summed E-state index contributed by atoms with van der Waals surface area (Å²) in [7, 11) is 1.73. The van der Waals surface area contributed by atoms with Gasteiger partial charge in [-0.25, -0.2) is 0 Å². The lowest BCUT2D eigenvalue weighted by atomic mass is 9.94. The summed E-state index contributed by atoms with van der Waals surface area (Å²) in [6, 6.07) is 0.264. The highest BCUT2D eigenvalue weighted by molar-refractivity contribution is 7.99. The van der Waals surface area contributed by atoms with E-state index >= 15 is 0 Å². The fourth-order valence-electron chi connectivity index (χ4n) is 2.09. The first-order valence-corrected chi connectivity index (χ1v) is 8.63. The molecule has 0 saturated heterocycles. The van der Waals surface area contributed by atoms with E-state index in [9.17, 15) is 4.79 Å². The molecule has 20 heavy (non-hydrogen) atoms. The summed E-state index contributed by atoms with van der Waals surface area (Å²) in [5, 5.41) is 3.35. The maximum atomic E-state index is 12.1. The second kappa shape index (κ2) is 11.4. The van der Waals surface area contributed by atoms with Crippen LogP contribution in [0.1, 0.15) is 47.0 Å². The number of carbonyl (C=O) groups excluding carboxylic acids is 1. The first kappa shape index (κ1) is 19.7. The molecule has 0 spiro atoms. The molecule has 0 aliphatic rings. The summed E-state index contributed by atoms with van der Waals surface area (Å²) < 4.78 is 10.2. The van der Waals surface area contributed by atoms with Crippen molar-refractivity contribution < 1.29 is 14.3 Å². The maximum absolute atomic E-state index is 12.1. The van der Waals surface area contributed by atoms with Crippen LogP contribution in [0.4, 0.5) is 0 Å². The van der Waals surface area contributed by atoms with Crippen LogP contribution in [0.25, 0.3) is 0 Å². The topological polar surface area (TPSA) is 47.6 Å². The summed E-state index contributed by atoms with van der Waals surface area (Å²) in [4.78, 5) is 12.1. The number of thioether (sulfide) groups is 1. The van der Waals surface area contributed by atoms with Gasteiger partial charge in [-0.05, 0) is 46.3 Å². The van der Waals surface area contributed by atoms with E-state index in [2.05, 4.69) is 19.2 Å². The minimum atomic E-state index is -0.568. The number of hydrogen-bond donors (Lipinski definition) is 1. The molecule has 0 heterocycles. The van der Waals surface area contributed by atoms with Gasteiger partial charge in [0.2, 0.25) is 0 Å². The Morgan fingerprint density at radius 3 is 2.55 bits per heavy atom. The number of methoxy groups -OCH3 is 1. The molecular weight excluding hydrogens is 274 g/mol. The Labute approximate surface area is 128 Å². The zero-order valence-electron chi connectivity index (χ0n) is 13.7. The van der Waals surface area contributed by atoms with Crippen LogP contribution >= 0.6 is 11.8 Å². The van der Waals surface area contributed by atoms with Gasteiger partial charge in [0.15, 0.2) is 0 Å². The van der Waals surface area contributed by atoms with Crippen molar-refractivity contribution in [1.29, 1.82) is 0 Å². The molecule has 0 aliphatic heterocycles. The van der Waals surface area contributed by atoms with Crippen molar-refractivity contribution in [2.45, 2.75) is 58.5 Å². The Kier molecular flexibility index (Phi) is 11.3. The van der Waals surface area contributed by atoms with Crippen molar-refractivity contribution >= 4 is 17.7 Å². The van der Waals surface area contributed by atoms with Crippen LogP contribution in [0.5, 0.6) is 0 Å². The number of esters is 1. The largest absolute Gasteiger partial charge is 0.465 e. The summed E-state index contributed by atoms with van der Waals surface area (Å²) in [5.41, 5.74) is -0.568. The molecule has 0 bridgehead atoms. The molecule has 0 radical (unpaired) electrons. The smallest absolute Gasteiger partial charge is 0.326 e.